The number of nitrogens with one attached hydrogen (secondary N) is 3. The van der Waals surface area contributed by atoms with E-state index in [4.69, 9.17) is 0 Å². The van der Waals surface area contributed by atoms with E-state index in [1.165, 1.54) is 17.4 Å². The molecule has 2 fully saturated rings. The van der Waals surface area contributed by atoms with Crippen LogP contribution >= 0.6 is 23.7 Å². The van der Waals surface area contributed by atoms with Crippen LogP contribution in [0.5, 0.6) is 0 Å². The highest BCUT2D eigenvalue weighted by atomic mass is 35.5. The van der Waals surface area contributed by atoms with Gasteiger partial charge in [0.15, 0.2) is 0 Å². The quantitative estimate of drug-likeness (QED) is 0.576. The van der Waals surface area contributed by atoms with Crippen molar-refractivity contribution in [3.8, 4) is 0 Å². The number of hydrogen-bond acceptors (Lipinski definition) is 4. The van der Waals surface area contributed by atoms with E-state index in [2.05, 4.69) is 50.4 Å². The standard InChI is InChI=1S/C21H24N4OS.ClH/c26-20(22-8-7-14-11-23-18-4-2-1-3-17(14)18)21(10-16-12-27-13-24-16)9-15-5-6-19(21)25-15;/h1-4,11-13,15,19,23,25H,5-10H2,(H,22,26);1H/t15-,19+,21-;/m0./s1. The van der Waals surface area contributed by atoms with Crippen molar-refractivity contribution in [2.45, 2.75) is 44.2 Å². The third-order valence-corrected chi connectivity index (χ3v) is 6.94. The van der Waals surface area contributed by atoms with Crippen molar-refractivity contribution in [2.24, 2.45) is 5.41 Å². The fourth-order valence-electron chi connectivity index (χ4n) is 5.00. The first-order valence-corrected chi connectivity index (χ1v) is 10.7. The minimum Gasteiger partial charge on any atom is -0.361 e. The number of carbonyl (C=O) groups excluding carboxylic acids is 1. The van der Waals surface area contributed by atoms with Gasteiger partial charge in [-0.3, -0.25) is 4.79 Å². The number of nitrogens with zero attached hydrogens (tertiary/aromatic N) is 1. The van der Waals surface area contributed by atoms with Crippen LogP contribution in [0, 0.1) is 5.41 Å². The number of rotatable bonds is 6. The van der Waals surface area contributed by atoms with Gasteiger partial charge >= 0.3 is 0 Å². The number of aromatic nitrogens is 2. The average Bonchev–Trinajstić information content (AvgIpc) is 3.46. The molecule has 0 radical (unpaired) electrons. The Morgan fingerprint density at radius 1 is 1.32 bits per heavy atom. The molecule has 4 heterocycles. The number of fused-ring (bicyclic) bond motifs is 3. The van der Waals surface area contributed by atoms with Crippen molar-refractivity contribution in [1.82, 2.24) is 20.6 Å². The third-order valence-electron chi connectivity index (χ3n) is 6.31. The van der Waals surface area contributed by atoms with E-state index in [1.807, 2.05) is 11.6 Å². The monoisotopic (exact) mass is 416 g/mol. The summed E-state index contributed by atoms with van der Waals surface area (Å²) in [7, 11) is 0. The maximum atomic E-state index is 13.3. The summed E-state index contributed by atoms with van der Waals surface area (Å²) in [5, 5.41) is 10.2. The smallest absolute Gasteiger partial charge is 0.228 e. The molecule has 2 aromatic heterocycles. The first-order valence-electron chi connectivity index (χ1n) is 9.71. The minimum absolute atomic E-state index is 0. The number of hydrogen-bond donors (Lipinski definition) is 3. The summed E-state index contributed by atoms with van der Waals surface area (Å²) in [6.07, 6.45) is 6.83. The Balaban J connectivity index is 0.00000192. The van der Waals surface area contributed by atoms with Crippen LogP contribution in [-0.4, -0.2) is 34.5 Å². The Kier molecular flexibility index (Phi) is 5.45. The van der Waals surface area contributed by atoms with Crippen molar-refractivity contribution < 1.29 is 4.79 Å². The van der Waals surface area contributed by atoms with Crippen molar-refractivity contribution in [1.29, 1.82) is 0 Å². The molecular weight excluding hydrogens is 392 g/mol. The highest BCUT2D eigenvalue weighted by Crippen LogP contribution is 2.45. The van der Waals surface area contributed by atoms with Crippen molar-refractivity contribution in [3.63, 3.8) is 0 Å². The summed E-state index contributed by atoms with van der Waals surface area (Å²) in [5.74, 6) is 0.190. The van der Waals surface area contributed by atoms with E-state index in [-0.39, 0.29) is 29.8 Å². The lowest BCUT2D eigenvalue weighted by Gasteiger charge is -2.34. The average molecular weight is 417 g/mol. The van der Waals surface area contributed by atoms with Crippen LogP contribution in [0.2, 0.25) is 0 Å². The molecule has 0 unspecified atom stereocenters. The minimum atomic E-state index is -0.350. The predicted octanol–water partition coefficient (Wildman–Crippen LogP) is 3.46. The Hall–Kier alpha value is -1.89. The highest BCUT2D eigenvalue weighted by Gasteiger charge is 2.55. The van der Waals surface area contributed by atoms with E-state index in [0.717, 1.165) is 36.9 Å². The maximum Gasteiger partial charge on any atom is 0.228 e. The van der Waals surface area contributed by atoms with E-state index in [0.29, 0.717) is 12.6 Å². The van der Waals surface area contributed by atoms with Crippen LogP contribution in [0.3, 0.4) is 0 Å². The summed E-state index contributed by atoms with van der Waals surface area (Å²) in [6, 6.07) is 9.06. The second kappa shape index (κ2) is 7.85. The lowest BCUT2D eigenvalue weighted by atomic mass is 9.70. The van der Waals surface area contributed by atoms with Crippen LogP contribution < -0.4 is 10.6 Å². The number of aromatic amines is 1. The van der Waals surface area contributed by atoms with Gasteiger partial charge in [0.05, 0.1) is 16.6 Å². The van der Waals surface area contributed by atoms with Crippen LogP contribution in [-0.2, 0) is 17.6 Å². The molecule has 0 spiro atoms. The molecule has 3 N–H and O–H groups in total. The topological polar surface area (TPSA) is 69.8 Å². The van der Waals surface area contributed by atoms with Gasteiger partial charge in [0.1, 0.15) is 0 Å². The highest BCUT2D eigenvalue weighted by molar-refractivity contribution is 7.07. The van der Waals surface area contributed by atoms with Gasteiger partial charge in [-0.25, -0.2) is 4.98 Å². The Morgan fingerprint density at radius 2 is 2.21 bits per heavy atom. The van der Waals surface area contributed by atoms with Gasteiger partial charge in [-0.15, -0.1) is 23.7 Å². The summed E-state index contributed by atoms with van der Waals surface area (Å²) >= 11 is 1.60. The molecule has 0 aliphatic carbocycles. The molecule has 0 saturated carbocycles. The molecule has 3 aromatic rings. The van der Waals surface area contributed by atoms with E-state index < -0.39 is 0 Å². The molecule has 2 bridgehead atoms. The molecule has 1 aromatic carbocycles. The molecule has 148 valence electrons. The number of amides is 1. The molecule has 28 heavy (non-hydrogen) atoms. The van der Waals surface area contributed by atoms with Gasteiger partial charge in [0, 0.05) is 47.5 Å². The second-order valence-electron chi connectivity index (χ2n) is 7.88. The maximum absolute atomic E-state index is 13.3. The molecule has 5 rings (SSSR count). The number of thiazole rings is 1. The van der Waals surface area contributed by atoms with Gasteiger partial charge < -0.3 is 15.6 Å². The number of halogens is 1. The summed E-state index contributed by atoms with van der Waals surface area (Å²) in [4.78, 5) is 21.1. The van der Waals surface area contributed by atoms with Gasteiger partial charge in [0.2, 0.25) is 5.91 Å². The van der Waals surface area contributed by atoms with Crippen molar-refractivity contribution in [3.05, 3.63) is 52.6 Å². The van der Waals surface area contributed by atoms with Gasteiger partial charge in [-0.1, -0.05) is 18.2 Å². The zero-order valence-electron chi connectivity index (χ0n) is 15.6. The molecule has 2 saturated heterocycles. The zero-order valence-corrected chi connectivity index (χ0v) is 17.2. The summed E-state index contributed by atoms with van der Waals surface area (Å²) in [6.45, 7) is 0.664. The van der Waals surface area contributed by atoms with E-state index >= 15 is 0 Å². The van der Waals surface area contributed by atoms with E-state index in [1.54, 1.807) is 11.3 Å². The number of para-hydroxylation sites is 1. The first kappa shape index (κ1) is 19.4. The Bertz CT molecular complexity index is 956. The Labute approximate surface area is 174 Å². The normalized spacial score (nSPS) is 25.7. The molecule has 2 aliphatic heterocycles. The SMILES string of the molecule is Cl.O=C(NCCc1c[nH]c2ccccc12)[C@]1(Cc2cscn2)C[C@@H]2CC[C@H]1N2. The molecule has 3 atom stereocenters. The zero-order chi connectivity index (χ0) is 18.3. The number of benzene rings is 1. The van der Waals surface area contributed by atoms with Gasteiger partial charge in [-0.2, -0.15) is 0 Å². The fraction of sp³-hybridized carbons (Fsp3) is 0.429. The molecule has 5 nitrogen and oxygen atoms in total. The van der Waals surface area contributed by atoms with Gasteiger partial charge in [-0.05, 0) is 37.3 Å². The van der Waals surface area contributed by atoms with Crippen LogP contribution in [0.1, 0.15) is 30.5 Å². The van der Waals surface area contributed by atoms with Crippen molar-refractivity contribution >= 4 is 40.6 Å². The lowest BCUT2D eigenvalue weighted by Crippen LogP contribution is -2.50. The van der Waals surface area contributed by atoms with Crippen LogP contribution in [0.4, 0.5) is 0 Å². The fourth-order valence-corrected chi connectivity index (χ4v) is 5.56. The van der Waals surface area contributed by atoms with Crippen LogP contribution in [0.25, 0.3) is 10.9 Å². The third kappa shape index (κ3) is 3.34. The molecular formula is C21H25ClN4OS. The lowest BCUT2D eigenvalue weighted by molar-refractivity contribution is -0.132. The van der Waals surface area contributed by atoms with Crippen LogP contribution in [0.15, 0.2) is 41.4 Å². The van der Waals surface area contributed by atoms with Crippen molar-refractivity contribution in [2.75, 3.05) is 6.54 Å². The first-order chi connectivity index (χ1) is 13.2. The van der Waals surface area contributed by atoms with E-state index in [9.17, 15) is 4.79 Å². The predicted molar refractivity (Wildman–Crippen MR) is 115 cm³/mol. The summed E-state index contributed by atoms with van der Waals surface area (Å²) in [5.41, 5.74) is 4.96. The molecule has 7 heteroatoms. The largest absolute Gasteiger partial charge is 0.361 e. The number of carbonyl (C=O) groups is 1. The Morgan fingerprint density at radius 3 is 2.96 bits per heavy atom. The summed E-state index contributed by atoms with van der Waals surface area (Å²) < 4.78 is 0. The second-order valence-corrected chi connectivity index (χ2v) is 8.59. The molecule has 2 aliphatic rings. The van der Waals surface area contributed by atoms with Gasteiger partial charge in [0.25, 0.3) is 0 Å². The molecule has 1 amide bonds. The number of H-pyrrole nitrogens is 1.